The maximum Gasteiger partial charge on any atom is 0.305 e. The number of nitrogens with one attached hydrogen (secondary N) is 1. The standard InChI is InChI=1S/C15H19N5O3/c1-23-14(21)5-3-2-4-10-16-15(22)12-6-8-13(9-7-12)20-11-17-18-19-20/h6-9,11H,2-5,10H2,1H3,(H,16,22). The summed E-state index contributed by atoms with van der Waals surface area (Å²) in [5.74, 6) is -0.321. The summed E-state index contributed by atoms with van der Waals surface area (Å²) in [6.45, 7) is 0.578. The first-order valence-corrected chi connectivity index (χ1v) is 7.39. The number of unbranched alkanes of at least 4 members (excludes halogenated alkanes) is 2. The van der Waals surface area contributed by atoms with Crippen molar-refractivity contribution in [1.82, 2.24) is 25.5 Å². The highest BCUT2D eigenvalue weighted by molar-refractivity contribution is 5.94. The zero-order valence-corrected chi connectivity index (χ0v) is 12.9. The molecule has 0 saturated heterocycles. The number of tetrazole rings is 1. The molecule has 0 spiro atoms. The predicted molar refractivity (Wildman–Crippen MR) is 82.0 cm³/mol. The molecule has 0 saturated carbocycles. The highest BCUT2D eigenvalue weighted by Crippen LogP contribution is 2.08. The summed E-state index contributed by atoms with van der Waals surface area (Å²) in [7, 11) is 1.38. The van der Waals surface area contributed by atoms with E-state index in [9.17, 15) is 9.59 Å². The van der Waals surface area contributed by atoms with Crippen LogP contribution in [-0.2, 0) is 9.53 Å². The Labute approximate surface area is 133 Å². The van der Waals surface area contributed by atoms with Gasteiger partial charge in [0.2, 0.25) is 0 Å². The second-order valence-electron chi connectivity index (χ2n) is 4.94. The second-order valence-corrected chi connectivity index (χ2v) is 4.94. The fourth-order valence-corrected chi connectivity index (χ4v) is 2.02. The molecule has 2 aromatic rings. The molecule has 122 valence electrons. The molecule has 8 nitrogen and oxygen atoms in total. The molecule has 1 amide bonds. The van der Waals surface area contributed by atoms with Gasteiger partial charge < -0.3 is 10.1 Å². The van der Waals surface area contributed by atoms with Crippen LogP contribution in [0.25, 0.3) is 5.69 Å². The zero-order valence-electron chi connectivity index (χ0n) is 12.9. The molecule has 0 atom stereocenters. The lowest BCUT2D eigenvalue weighted by molar-refractivity contribution is -0.140. The van der Waals surface area contributed by atoms with Crippen molar-refractivity contribution in [1.29, 1.82) is 0 Å². The fraction of sp³-hybridized carbons (Fsp3) is 0.400. The lowest BCUT2D eigenvalue weighted by Crippen LogP contribution is -2.24. The van der Waals surface area contributed by atoms with Crippen LogP contribution in [0.3, 0.4) is 0 Å². The van der Waals surface area contributed by atoms with Crippen LogP contribution >= 0.6 is 0 Å². The Morgan fingerprint density at radius 3 is 2.61 bits per heavy atom. The van der Waals surface area contributed by atoms with Crippen LogP contribution in [0.1, 0.15) is 36.0 Å². The van der Waals surface area contributed by atoms with Crippen molar-refractivity contribution in [3.05, 3.63) is 36.2 Å². The molecule has 0 fully saturated rings. The molecular weight excluding hydrogens is 298 g/mol. The van der Waals surface area contributed by atoms with Gasteiger partial charge in [-0.25, -0.2) is 4.68 Å². The number of ether oxygens (including phenoxy) is 1. The Hall–Kier alpha value is -2.77. The fourth-order valence-electron chi connectivity index (χ4n) is 2.02. The SMILES string of the molecule is COC(=O)CCCCCNC(=O)c1ccc(-n2cnnn2)cc1. The third-order valence-corrected chi connectivity index (χ3v) is 3.31. The molecular formula is C15H19N5O3. The van der Waals surface area contributed by atoms with Crippen molar-refractivity contribution >= 4 is 11.9 Å². The first-order valence-electron chi connectivity index (χ1n) is 7.39. The summed E-state index contributed by atoms with van der Waals surface area (Å²) in [6, 6.07) is 7.01. The summed E-state index contributed by atoms with van der Waals surface area (Å²) in [5, 5.41) is 13.8. The molecule has 1 aromatic heterocycles. The van der Waals surface area contributed by atoms with Gasteiger partial charge in [0.1, 0.15) is 6.33 Å². The Morgan fingerprint density at radius 2 is 1.96 bits per heavy atom. The molecule has 1 heterocycles. The Balaban J connectivity index is 1.70. The monoisotopic (exact) mass is 317 g/mol. The summed E-state index contributed by atoms with van der Waals surface area (Å²) >= 11 is 0. The van der Waals surface area contributed by atoms with E-state index in [-0.39, 0.29) is 11.9 Å². The molecule has 0 aliphatic rings. The molecule has 1 aromatic carbocycles. The van der Waals surface area contributed by atoms with Gasteiger partial charge in [-0.3, -0.25) is 9.59 Å². The number of aromatic nitrogens is 4. The van der Waals surface area contributed by atoms with Crippen LogP contribution < -0.4 is 5.32 Å². The molecule has 23 heavy (non-hydrogen) atoms. The Kier molecular flexibility index (Phi) is 6.22. The van der Waals surface area contributed by atoms with Gasteiger partial charge in [-0.05, 0) is 47.5 Å². The van der Waals surface area contributed by atoms with E-state index in [0.29, 0.717) is 18.5 Å². The largest absolute Gasteiger partial charge is 0.469 e. The molecule has 1 N–H and O–H groups in total. The number of hydrogen-bond donors (Lipinski definition) is 1. The van der Waals surface area contributed by atoms with Gasteiger partial charge in [-0.15, -0.1) is 5.10 Å². The van der Waals surface area contributed by atoms with Crippen molar-refractivity contribution in [2.75, 3.05) is 13.7 Å². The average molecular weight is 317 g/mol. The van der Waals surface area contributed by atoms with E-state index in [4.69, 9.17) is 0 Å². The van der Waals surface area contributed by atoms with E-state index in [0.717, 1.165) is 24.9 Å². The van der Waals surface area contributed by atoms with Crippen molar-refractivity contribution in [2.45, 2.75) is 25.7 Å². The van der Waals surface area contributed by atoms with E-state index in [1.165, 1.54) is 18.1 Å². The minimum atomic E-state index is -0.197. The molecule has 2 rings (SSSR count). The lowest BCUT2D eigenvalue weighted by Gasteiger charge is -2.06. The smallest absolute Gasteiger partial charge is 0.305 e. The summed E-state index contributed by atoms with van der Waals surface area (Å²) in [6.07, 6.45) is 4.37. The molecule has 8 heteroatoms. The minimum absolute atomic E-state index is 0.124. The topological polar surface area (TPSA) is 99.0 Å². The van der Waals surface area contributed by atoms with Crippen molar-refractivity contribution in [3.63, 3.8) is 0 Å². The molecule has 0 radical (unpaired) electrons. The molecule has 0 aliphatic heterocycles. The van der Waals surface area contributed by atoms with Crippen molar-refractivity contribution < 1.29 is 14.3 Å². The van der Waals surface area contributed by atoms with Crippen LogP contribution in [0, 0.1) is 0 Å². The van der Waals surface area contributed by atoms with Crippen LogP contribution in [0.5, 0.6) is 0 Å². The maximum atomic E-state index is 12.0. The number of carbonyl (C=O) groups excluding carboxylic acids is 2. The van der Waals surface area contributed by atoms with Crippen LogP contribution in [0.15, 0.2) is 30.6 Å². The highest BCUT2D eigenvalue weighted by atomic mass is 16.5. The highest BCUT2D eigenvalue weighted by Gasteiger charge is 2.06. The van der Waals surface area contributed by atoms with Crippen molar-refractivity contribution in [3.8, 4) is 5.69 Å². The number of esters is 1. The first kappa shape index (κ1) is 16.6. The number of benzene rings is 1. The van der Waals surface area contributed by atoms with Crippen molar-refractivity contribution in [2.24, 2.45) is 0 Å². The third-order valence-electron chi connectivity index (χ3n) is 3.31. The number of nitrogens with zero attached hydrogens (tertiary/aromatic N) is 4. The van der Waals surface area contributed by atoms with Gasteiger partial charge in [-0.2, -0.15) is 0 Å². The lowest BCUT2D eigenvalue weighted by atomic mass is 10.1. The van der Waals surface area contributed by atoms with E-state index < -0.39 is 0 Å². The van der Waals surface area contributed by atoms with E-state index in [1.54, 1.807) is 24.3 Å². The van der Waals surface area contributed by atoms with Crippen LogP contribution in [0.2, 0.25) is 0 Å². The van der Waals surface area contributed by atoms with Gasteiger partial charge in [0.05, 0.1) is 12.8 Å². The second kappa shape index (κ2) is 8.62. The van der Waals surface area contributed by atoms with E-state index in [2.05, 4.69) is 25.6 Å². The number of amides is 1. The van der Waals surface area contributed by atoms with Gasteiger partial charge in [0.15, 0.2) is 0 Å². The normalized spacial score (nSPS) is 10.3. The summed E-state index contributed by atoms with van der Waals surface area (Å²) in [4.78, 5) is 22.9. The molecule has 0 aliphatic carbocycles. The van der Waals surface area contributed by atoms with Gasteiger partial charge in [0.25, 0.3) is 5.91 Å². The minimum Gasteiger partial charge on any atom is -0.469 e. The van der Waals surface area contributed by atoms with Crippen LogP contribution in [0.4, 0.5) is 0 Å². The van der Waals surface area contributed by atoms with Gasteiger partial charge in [0, 0.05) is 18.5 Å². The van der Waals surface area contributed by atoms with Gasteiger partial charge >= 0.3 is 5.97 Å². The van der Waals surface area contributed by atoms with Gasteiger partial charge in [-0.1, -0.05) is 6.42 Å². The number of carbonyl (C=O) groups is 2. The molecule has 0 bridgehead atoms. The van der Waals surface area contributed by atoms with Crippen LogP contribution in [-0.4, -0.2) is 45.7 Å². The quantitative estimate of drug-likeness (QED) is 0.579. The molecule has 0 unspecified atom stereocenters. The third kappa shape index (κ3) is 5.17. The van der Waals surface area contributed by atoms with E-state index >= 15 is 0 Å². The maximum absolute atomic E-state index is 12.0. The summed E-state index contributed by atoms with van der Waals surface area (Å²) in [5.41, 5.74) is 1.37. The first-order chi connectivity index (χ1) is 11.2. The average Bonchev–Trinajstić information content (AvgIpc) is 3.12. The Bertz CT molecular complexity index is 625. The zero-order chi connectivity index (χ0) is 16.5. The number of methoxy groups -OCH3 is 1. The van der Waals surface area contributed by atoms with E-state index in [1.807, 2.05) is 0 Å². The number of rotatable bonds is 8. The Morgan fingerprint density at radius 1 is 1.17 bits per heavy atom. The number of hydrogen-bond acceptors (Lipinski definition) is 6. The predicted octanol–water partition coefficient (Wildman–Crippen LogP) is 1.13. The summed E-state index contributed by atoms with van der Waals surface area (Å²) < 4.78 is 6.08.